The molecule has 0 aliphatic carbocycles. The molecule has 0 saturated carbocycles. The molecule has 21 heavy (non-hydrogen) atoms. The number of rotatable bonds is 3. The third-order valence-corrected chi connectivity index (χ3v) is 3.76. The van der Waals surface area contributed by atoms with Crippen molar-refractivity contribution < 1.29 is 21.7 Å². The summed E-state index contributed by atoms with van der Waals surface area (Å²) in [5.74, 6) is 0. The first-order valence-corrected chi connectivity index (χ1v) is 9.48. The molecular formula is C19H26PTi-. The van der Waals surface area contributed by atoms with Gasteiger partial charge in [-0.2, -0.15) is 17.5 Å². The van der Waals surface area contributed by atoms with Crippen LogP contribution in [-0.2, 0) is 21.7 Å². The van der Waals surface area contributed by atoms with Crippen molar-refractivity contribution in [1.29, 1.82) is 0 Å². The summed E-state index contributed by atoms with van der Waals surface area (Å²) in [6.07, 6.45) is 5.82. The van der Waals surface area contributed by atoms with Gasteiger partial charge in [-0.15, -0.1) is 37.6 Å². The molecule has 2 aromatic carbocycles. The molecule has 0 aliphatic rings. The van der Waals surface area contributed by atoms with Gasteiger partial charge in [-0.3, -0.25) is 0 Å². The van der Waals surface area contributed by atoms with Crippen LogP contribution < -0.4 is 0 Å². The van der Waals surface area contributed by atoms with Crippen molar-refractivity contribution in [2.24, 2.45) is 0 Å². The summed E-state index contributed by atoms with van der Waals surface area (Å²) in [5.41, 5.74) is 2.79. The fraction of sp³-hybridized carbons (Fsp3) is 0.316. The zero-order valence-electron chi connectivity index (χ0n) is 13.9. The van der Waals surface area contributed by atoms with Gasteiger partial charge in [0.2, 0.25) is 0 Å². The Morgan fingerprint density at radius 3 is 2.33 bits per heavy atom. The van der Waals surface area contributed by atoms with E-state index in [0.717, 1.165) is 0 Å². The van der Waals surface area contributed by atoms with Gasteiger partial charge >= 0.3 is 0 Å². The second-order valence-corrected chi connectivity index (χ2v) is 8.11. The molecule has 0 amide bonds. The first-order chi connectivity index (χ1) is 9.49. The van der Waals surface area contributed by atoms with Crippen LogP contribution in [0.5, 0.6) is 0 Å². The molecule has 0 nitrogen and oxygen atoms in total. The van der Waals surface area contributed by atoms with E-state index in [2.05, 4.69) is 88.7 Å². The summed E-state index contributed by atoms with van der Waals surface area (Å²) in [6, 6.07) is 14.7. The Kier molecular flexibility index (Phi) is 10.8. The van der Waals surface area contributed by atoms with Gasteiger partial charge in [0.25, 0.3) is 0 Å². The summed E-state index contributed by atoms with van der Waals surface area (Å²) >= 11 is 0. The molecule has 0 aromatic heterocycles. The SMILES string of the molecule is CC(C)=CC(C)=CCP(C)C.[Ti].c1ccc2[cH-]ccc2c1. The largest absolute Gasteiger partial charge is 0.168 e. The van der Waals surface area contributed by atoms with Gasteiger partial charge in [0, 0.05) is 21.7 Å². The molecule has 0 radical (unpaired) electrons. The Morgan fingerprint density at radius 1 is 1.10 bits per heavy atom. The molecule has 0 bridgehead atoms. The van der Waals surface area contributed by atoms with Crippen LogP contribution in [0.1, 0.15) is 20.8 Å². The molecule has 112 valence electrons. The maximum atomic E-state index is 2.33. The van der Waals surface area contributed by atoms with E-state index in [1.165, 1.54) is 28.1 Å². The summed E-state index contributed by atoms with van der Waals surface area (Å²) in [7, 11) is 0.236. The third-order valence-electron chi connectivity index (χ3n) is 2.84. The van der Waals surface area contributed by atoms with Gasteiger partial charge < -0.3 is 0 Å². The fourth-order valence-corrected chi connectivity index (χ4v) is 2.56. The molecule has 0 saturated heterocycles. The minimum atomic E-state index is 0. The Balaban J connectivity index is 0.000000367. The smallest absolute Gasteiger partial charge is 0 e. The van der Waals surface area contributed by atoms with Crippen molar-refractivity contribution in [2.45, 2.75) is 20.8 Å². The molecule has 0 atom stereocenters. The van der Waals surface area contributed by atoms with Crippen LogP contribution >= 0.6 is 7.92 Å². The van der Waals surface area contributed by atoms with Gasteiger partial charge in [0.05, 0.1) is 0 Å². The Bertz CT molecular complexity index is 542. The van der Waals surface area contributed by atoms with Crippen molar-refractivity contribution in [3.8, 4) is 0 Å². The van der Waals surface area contributed by atoms with Crippen LogP contribution in [-0.4, -0.2) is 19.5 Å². The van der Waals surface area contributed by atoms with E-state index in [1.807, 2.05) is 0 Å². The topological polar surface area (TPSA) is 0 Å². The van der Waals surface area contributed by atoms with Crippen molar-refractivity contribution in [2.75, 3.05) is 19.5 Å². The van der Waals surface area contributed by atoms with Crippen molar-refractivity contribution in [3.63, 3.8) is 0 Å². The molecule has 0 fully saturated rings. The second-order valence-electron chi connectivity index (χ2n) is 5.59. The predicted molar refractivity (Wildman–Crippen MR) is 96.4 cm³/mol. The molecule has 2 aromatic rings. The number of benzene rings is 1. The standard InChI is InChI=1S/C10H19P.C9H7.Ti/c1-9(2)8-10(3)6-7-11(4)5;1-2-5-9-7-3-6-8(9)4-1;/h6,8H,7H2,1-5H3;1-7H;/q;-1;. The summed E-state index contributed by atoms with van der Waals surface area (Å²) in [4.78, 5) is 0. The van der Waals surface area contributed by atoms with Gasteiger partial charge in [-0.25, -0.2) is 0 Å². The third kappa shape index (κ3) is 9.15. The zero-order chi connectivity index (χ0) is 15.0. The van der Waals surface area contributed by atoms with Crippen LogP contribution in [0.3, 0.4) is 0 Å². The number of hydrogen-bond acceptors (Lipinski definition) is 0. The zero-order valence-corrected chi connectivity index (χ0v) is 16.3. The van der Waals surface area contributed by atoms with E-state index in [4.69, 9.17) is 0 Å². The fourth-order valence-electron chi connectivity index (χ4n) is 1.91. The second kappa shape index (κ2) is 11.1. The predicted octanol–water partition coefficient (Wildman–Crippen LogP) is 6.20. The van der Waals surface area contributed by atoms with Gasteiger partial charge in [-0.05, 0) is 40.3 Å². The van der Waals surface area contributed by atoms with E-state index in [0.29, 0.717) is 0 Å². The van der Waals surface area contributed by atoms with Gasteiger partial charge in [0.15, 0.2) is 0 Å². The molecular weight excluding hydrogens is 307 g/mol. The maximum Gasteiger partial charge on any atom is 0 e. The molecule has 2 heteroatoms. The van der Waals surface area contributed by atoms with E-state index in [-0.39, 0.29) is 29.6 Å². The van der Waals surface area contributed by atoms with E-state index < -0.39 is 0 Å². The van der Waals surface area contributed by atoms with Crippen LogP contribution in [0.25, 0.3) is 10.8 Å². The van der Waals surface area contributed by atoms with Crippen LogP contribution in [0, 0.1) is 0 Å². The minimum Gasteiger partial charge on any atom is -0.168 e. The average molecular weight is 333 g/mol. The van der Waals surface area contributed by atoms with Crippen LogP contribution in [0.2, 0.25) is 0 Å². The number of fused-ring (bicyclic) bond motifs is 1. The normalized spacial score (nSPS) is 10.7. The Hall–Kier alpha value is -0.546. The molecule has 0 aliphatic heterocycles. The van der Waals surface area contributed by atoms with Gasteiger partial charge in [0.1, 0.15) is 0 Å². The first kappa shape index (κ1) is 20.5. The van der Waals surface area contributed by atoms with Crippen LogP contribution in [0.15, 0.2) is 65.8 Å². The summed E-state index contributed by atoms with van der Waals surface area (Å²) in [6.45, 7) is 11.1. The molecule has 0 unspecified atom stereocenters. The van der Waals surface area contributed by atoms with Crippen molar-refractivity contribution >= 4 is 18.7 Å². The molecule has 0 spiro atoms. The van der Waals surface area contributed by atoms with Crippen molar-refractivity contribution in [3.05, 3.63) is 65.8 Å². The first-order valence-electron chi connectivity index (χ1n) is 7.06. The molecule has 2 rings (SSSR count). The monoisotopic (exact) mass is 333 g/mol. The minimum absolute atomic E-state index is 0. The Morgan fingerprint density at radius 2 is 1.76 bits per heavy atom. The van der Waals surface area contributed by atoms with Crippen molar-refractivity contribution in [1.82, 2.24) is 0 Å². The summed E-state index contributed by atoms with van der Waals surface area (Å²) in [5, 5.41) is 2.66. The maximum absolute atomic E-state index is 2.33. The van der Waals surface area contributed by atoms with E-state index in [1.54, 1.807) is 0 Å². The number of hydrogen-bond donors (Lipinski definition) is 0. The Labute approximate surface area is 146 Å². The molecule has 0 heterocycles. The number of allylic oxidation sites excluding steroid dienone is 4. The quantitative estimate of drug-likeness (QED) is 0.272. The average Bonchev–Trinajstić information content (AvgIpc) is 2.84. The molecule has 0 N–H and O–H groups in total. The van der Waals surface area contributed by atoms with Gasteiger partial charge in [-0.1, -0.05) is 29.4 Å². The van der Waals surface area contributed by atoms with E-state index >= 15 is 0 Å². The van der Waals surface area contributed by atoms with E-state index in [9.17, 15) is 0 Å². The van der Waals surface area contributed by atoms with Crippen LogP contribution in [0.4, 0.5) is 0 Å². The summed E-state index contributed by atoms with van der Waals surface area (Å²) < 4.78 is 0.